The van der Waals surface area contributed by atoms with Crippen molar-refractivity contribution in [3.63, 3.8) is 0 Å². The number of para-hydroxylation sites is 1. The second kappa shape index (κ2) is 10.2. The highest BCUT2D eigenvalue weighted by Gasteiger charge is 2.25. The number of aromatic nitrogens is 2. The molecular formula is C28H30ClN5O2. The summed E-state index contributed by atoms with van der Waals surface area (Å²) in [6, 6.07) is 17.6. The van der Waals surface area contributed by atoms with Crippen LogP contribution in [0.2, 0.25) is 5.02 Å². The first-order valence-corrected chi connectivity index (χ1v) is 12.6. The molecule has 36 heavy (non-hydrogen) atoms. The first kappa shape index (κ1) is 24.1. The number of benzene rings is 2. The minimum absolute atomic E-state index is 0.0960. The van der Waals surface area contributed by atoms with Crippen LogP contribution >= 0.6 is 11.6 Å². The number of hydrogen-bond donors (Lipinski definition) is 2. The van der Waals surface area contributed by atoms with Gasteiger partial charge in [0, 0.05) is 42.2 Å². The molecule has 0 aliphatic heterocycles. The number of hydrogen-bond acceptors (Lipinski definition) is 6. The molecule has 1 aliphatic rings. The third kappa shape index (κ3) is 5.16. The zero-order valence-electron chi connectivity index (χ0n) is 20.7. The molecule has 0 unspecified atom stereocenters. The van der Waals surface area contributed by atoms with Crippen LogP contribution in [0.25, 0.3) is 22.2 Å². The summed E-state index contributed by atoms with van der Waals surface area (Å²) in [4.78, 5) is 24.5. The largest absolute Gasteiger partial charge is 0.461 e. The Balaban J connectivity index is 1.20. The van der Waals surface area contributed by atoms with E-state index >= 15 is 0 Å². The molecule has 1 saturated carbocycles. The van der Waals surface area contributed by atoms with Crippen molar-refractivity contribution in [1.29, 1.82) is 0 Å². The molecule has 4 aromatic rings. The lowest BCUT2D eigenvalue weighted by Gasteiger charge is -2.30. The van der Waals surface area contributed by atoms with Gasteiger partial charge in [-0.2, -0.15) is 4.98 Å². The molecule has 0 saturated heterocycles. The second-order valence-corrected chi connectivity index (χ2v) is 9.97. The van der Waals surface area contributed by atoms with E-state index in [1.54, 1.807) is 6.07 Å². The van der Waals surface area contributed by atoms with E-state index in [2.05, 4.69) is 10.6 Å². The van der Waals surface area contributed by atoms with Crippen molar-refractivity contribution in [2.75, 3.05) is 24.3 Å². The minimum Gasteiger partial charge on any atom is -0.461 e. The van der Waals surface area contributed by atoms with Crippen LogP contribution in [-0.2, 0) is 0 Å². The number of nitrogens with one attached hydrogen (secondary N) is 2. The average Bonchev–Trinajstić information content (AvgIpc) is 3.26. The van der Waals surface area contributed by atoms with Crippen LogP contribution in [0.15, 0.2) is 59.0 Å². The number of furan rings is 1. The van der Waals surface area contributed by atoms with Crippen molar-refractivity contribution >= 4 is 40.2 Å². The van der Waals surface area contributed by atoms with Gasteiger partial charge in [-0.25, -0.2) is 4.98 Å². The highest BCUT2D eigenvalue weighted by molar-refractivity contribution is 6.30. The van der Waals surface area contributed by atoms with Crippen LogP contribution in [-0.4, -0.2) is 42.1 Å². The van der Waals surface area contributed by atoms with E-state index in [-0.39, 0.29) is 18.0 Å². The fraction of sp³-hybridized carbons (Fsp3) is 0.321. The van der Waals surface area contributed by atoms with E-state index in [9.17, 15) is 4.79 Å². The van der Waals surface area contributed by atoms with Crippen LogP contribution < -0.4 is 15.5 Å². The smallest absolute Gasteiger partial charge is 0.255 e. The van der Waals surface area contributed by atoms with Gasteiger partial charge in [-0.05, 0) is 75.1 Å². The van der Waals surface area contributed by atoms with Gasteiger partial charge in [0.25, 0.3) is 5.91 Å². The molecule has 0 bridgehead atoms. The van der Waals surface area contributed by atoms with Crippen molar-refractivity contribution in [2.24, 2.45) is 0 Å². The third-order valence-corrected chi connectivity index (χ3v) is 6.95. The zero-order chi connectivity index (χ0) is 25.2. The first-order valence-electron chi connectivity index (χ1n) is 12.3. The zero-order valence-corrected chi connectivity index (χ0v) is 21.5. The standard InChI is InChI=1S/C28H30ClN5O2/c1-17-23(16-25(36-17)18-8-10-19(29)11-9-18)27(35)30-20-12-14-21(15-13-20)31-28-32-24-7-5-4-6-22(24)26(33-28)34(2)3/h4-11,16,20-21H,12-15H2,1-3H3,(H,30,35)(H,31,32,33)/t20-,21+. The first-order chi connectivity index (χ1) is 17.4. The summed E-state index contributed by atoms with van der Waals surface area (Å²) in [5, 5.41) is 8.42. The third-order valence-electron chi connectivity index (χ3n) is 6.69. The second-order valence-electron chi connectivity index (χ2n) is 9.54. The lowest BCUT2D eigenvalue weighted by atomic mass is 9.91. The number of rotatable bonds is 6. The van der Waals surface area contributed by atoms with Gasteiger partial charge < -0.3 is 20.0 Å². The Morgan fingerprint density at radius 1 is 1.00 bits per heavy atom. The van der Waals surface area contributed by atoms with E-state index in [0.29, 0.717) is 28.1 Å². The summed E-state index contributed by atoms with van der Waals surface area (Å²) in [7, 11) is 3.99. The normalized spacial score (nSPS) is 17.7. The molecule has 0 atom stereocenters. The van der Waals surface area contributed by atoms with Crippen LogP contribution in [0, 0.1) is 6.92 Å². The quantitative estimate of drug-likeness (QED) is 0.332. The Hall–Kier alpha value is -3.58. The number of anilines is 2. The van der Waals surface area contributed by atoms with Gasteiger partial charge >= 0.3 is 0 Å². The van der Waals surface area contributed by atoms with Crippen LogP contribution in [0.5, 0.6) is 0 Å². The molecule has 0 spiro atoms. The van der Waals surface area contributed by atoms with E-state index < -0.39 is 0 Å². The molecular weight excluding hydrogens is 474 g/mol. The number of carbonyl (C=O) groups is 1. The summed E-state index contributed by atoms with van der Waals surface area (Å²) in [5.74, 6) is 2.72. The van der Waals surface area contributed by atoms with Gasteiger partial charge in [0.05, 0.1) is 11.1 Å². The lowest BCUT2D eigenvalue weighted by Crippen LogP contribution is -2.40. The van der Waals surface area contributed by atoms with Crippen molar-refractivity contribution in [3.8, 4) is 11.3 Å². The Morgan fingerprint density at radius 3 is 2.42 bits per heavy atom. The van der Waals surface area contributed by atoms with Crippen molar-refractivity contribution in [1.82, 2.24) is 15.3 Å². The molecule has 2 aromatic heterocycles. The maximum absolute atomic E-state index is 13.0. The molecule has 1 amide bonds. The lowest BCUT2D eigenvalue weighted by molar-refractivity contribution is 0.0925. The monoisotopic (exact) mass is 503 g/mol. The molecule has 2 heterocycles. The summed E-state index contributed by atoms with van der Waals surface area (Å²) in [6.45, 7) is 1.82. The summed E-state index contributed by atoms with van der Waals surface area (Å²) in [5.41, 5.74) is 2.38. The molecule has 5 rings (SSSR count). The van der Waals surface area contributed by atoms with E-state index in [1.165, 1.54) is 0 Å². The van der Waals surface area contributed by atoms with Crippen LogP contribution in [0.3, 0.4) is 0 Å². The maximum Gasteiger partial charge on any atom is 0.255 e. The van der Waals surface area contributed by atoms with E-state index in [4.69, 9.17) is 26.0 Å². The van der Waals surface area contributed by atoms with Gasteiger partial charge in [0.15, 0.2) is 0 Å². The predicted octanol–water partition coefficient (Wildman–Crippen LogP) is 6.07. The Morgan fingerprint density at radius 2 is 1.69 bits per heavy atom. The number of aryl methyl sites for hydroxylation is 1. The average molecular weight is 504 g/mol. The molecule has 2 N–H and O–H groups in total. The van der Waals surface area contributed by atoms with Gasteiger partial charge in [0.1, 0.15) is 17.3 Å². The molecule has 2 aromatic carbocycles. The highest BCUT2D eigenvalue weighted by atomic mass is 35.5. The number of halogens is 1. The molecule has 186 valence electrons. The minimum atomic E-state index is -0.0960. The van der Waals surface area contributed by atoms with Crippen LogP contribution in [0.4, 0.5) is 11.8 Å². The van der Waals surface area contributed by atoms with Crippen LogP contribution in [0.1, 0.15) is 41.8 Å². The molecule has 7 nitrogen and oxygen atoms in total. The predicted molar refractivity (Wildman–Crippen MR) is 145 cm³/mol. The fourth-order valence-electron chi connectivity index (χ4n) is 4.76. The molecule has 1 aliphatic carbocycles. The maximum atomic E-state index is 13.0. The number of carbonyl (C=O) groups excluding carboxylic acids is 1. The number of fused-ring (bicyclic) bond motifs is 1. The van der Waals surface area contributed by atoms with Gasteiger partial charge in [-0.3, -0.25) is 4.79 Å². The SMILES string of the molecule is Cc1oc(-c2ccc(Cl)cc2)cc1C(=O)N[C@H]1CC[C@@H](Nc2nc(N(C)C)c3ccccc3n2)CC1. The highest BCUT2D eigenvalue weighted by Crippen LogP contribution is 2.29. The van der Waals surface area contributed by atoms with Crippen molar-refractivity contribution in [2.45, 2.75) is 44.7 Å². The molecule has 0 radical (unpaired) electrons. The Kier molecular flexibility index (Phi) is 6.83. The molecule has 8 heteroatoms. The molecule has 1 fully saturated rings. The van der Waals surface area contributed by atoms with Gasteiger partial charge in [-0.1, -0.05) is 23.7 Å². The van der Waals surface area contributed by atoms with E-state index in [1.807, 2.05) is 74.4 Å². The number of amides is 1. The summed E-state index contributed by atoms with van der Waals surface area (Å²) in [6.07, 6.45) is 3.63. The van der Waals surface area contributed by atoms with E-state index in [0.717, 1.165) is 48.0 Å². The van der Waals surface area contributed by atoms with Crippen molar-refractivity contribution < 1.29 is 9.21 Å². The summed E-state index contributed by atoms with van der Waals surface area (Å²) >= 11 is 5.98. The Bertz CT molecular complexity index is 1370. The van der Waals surface area contributed by atoms with Gasteiger partial charge in [0.2, 0.25) is 5.95 Å². The number of nitrogens with zero attached hydrogens (tertiary/aromatic N) is 3. The van der Waals surface area contributed by atoms with Crippen molar-refractivity contribution in [3.05, 3.63) is 70.9 Å². The summed E-state index contributed by atoms with van der Waals surface area (Å²) < 4.78 is 5.86. The fourth-order valence-corrected chi connectivity index (χ4v) is 4.88. The topological polar surface area (TPSA) is 83.3 Å². The Labute approximate surface area is 215 Å². The van der Waals surface area contributed by atoms with Gasteiger partial charge in [-0.15, -0.1) is 0 Å².